The molecule has 1 heterocycles. The van der Waals surface area contributed by atoms with Gasteiger partial charge < -0.3 is 9.29 Å². The van der Waals surface area contributed by atoms with Crippen molar-refractivity contribution >= 4 is 30.9 Å². The van der Waals surface area contributed by atoms with E-state index >= 15 is 0 Å². The van der Waals surface area contributed by atoms with Crippen LogP contribution in [0.3, 0.4) is 0 Å². The maximum absolute atomic E-state index is 10.8. The zero-order valence-corrected chi connectivity index (χ0v) is 9.36. The number of rotatable bonds is 2. The number of nitrogens with zero attached hydrogens (tertiary/aromatic N) is 1. The molecule has 0 spiro atoms. The number of phenolic OH excluding ortho intramolecular Hbond substituents is 1. The summed E-state index contributed by atoms with van der Waals surface area (Å²) in [5.41, 5.74) is 0.250. The summed E-state index contributed by atoms with van der Waals surface area (Å²) < 4.78 is 26.1. The van der Waals surface area contributed by atoms with Gasteiger partial charge >= 0.3 is 9.33 Å². The summed E-state index contributed by atoms with van der Waals surface area (Å²) in [6, 6.07) is 5.75. The Morgan fingerprint density at radius 2 is 2.06 bits per heavy atom. The molecule has 84 valence electrons. The van der Waals surface area contributed by atoms with Crippen molar-refractivity contribution in [2.75, 3.05) is 0 Å². The van der Waals surface area contributed by atoms with Gasteiger partial charge in [0.15, 0.2) is 5.75 Å². The summed E-state index contributed by atoms with van der Waals surface area (Å²) in [5, 5.41) is 9.86. The Morgan fingerprint density at radius 3 is 2.75 bits per heavy atom. The lowest BCUT2D eigenvalue weighted by Crippen LogP contribution is -2.00. The number of halogens is 1. The topological polar surface area (TPSA) is 76.5 Å². The third kappa shape index (κ3) is 2.17. The highest BCUT2D eigenvalue weighted by Crippen LogP contribution is 2.31. The summed E-state index contributed by atoms with van der Waals surface area (Å²) in [6.45, 7) is 0. The van der Waals surface area contributed by atoms with Gasteiger partial charge in [0, 0.05) is 11.6 Å². The van der Waals surface area contributed by atoms with Gasteiger partial charge in [-0.15, -0.1) is 0 Å². The highest BCUT2D eigenvalue weighted by Gasteiger charge is 2.12. The van der Waals surface area contributed by atoms with Crippen LogP contribution in [0.5, 0.6) is 11.5 Å². The second-order valence-electron chi connectivity index (χ2n) is 2.96. The van der Waals surface area contributed by atoms with Crippen LogP contribution in [0.2, 0.25) is 0 Å². The second-order valence-corrected chi connectivity index (χ2v) is 5.05. The molecule has 0 saturated carbocycles. The van der Waals surface area contributed by atoms with Crippen molar-refractivity contribution in [1.29, 1.82) is 0 Å². The van der Waals surface area contributed by atoms with Gasteiger partial charge in [-0.3, -0.25) is 4.98 Å². The lowest BCUT2D eigenvalue weighted by molar-refractivity contribution is 0.477. The molecule has 0 radical (unpaired) electrons. The first kappa shape index (κ1) is 11.0. The van der Waals surface area contributed by atoms with Crippen LogP contribution in [0.15, 0.2) is 30.5 Å². The zero-order chi connectivity index (χ0) is 11.8. The van der Waals surface area contributed by atoms with E-state index in [9.17, 15) is 13.5 Å². The average molecular weight is 260 g/mol. The van der Waals surface area contributed by atoms with E-state index in [-0.39, 0.29) is 17.0 Å². The first-order chi connectivity index (χ1) is 7.47. The molecule has 16 heavy (non-hydrogen) atoms. The van der Waals surface area contributed by atoms with E-state index in [0.29, 0.717) is 5.39 Å². The number of aromatic hydroxyl groups is 1. The van der Waals surface area contributed by atoms with Gasteiger partial charge in [-0.25, -0.2) is 0 Å². The molecule has 5 nitrogen and oxygen atoms in total. The van der Waals surface area contributed by atoms with Gasteiger partial charge in [0.25, 0.3) is 0 Å². The Labute approximate surface area is 95.9 Å². The minimum atomic E-state index is -4.12. The van der Waals surface area contributed by atoms with E-state index in [1.165, 1.54) is 18.3 Å². The molecule has 0 amide bonds. The number of pyridine rings is 1. The van der Waals surface area contributed by atoms with Gasteiger partial charge in [0.05, 0.1) is 10.7 Å². The maximum Gasteiger partial charge on any atom is 0.401 e. The molecular weight excluding hydrogens is 254 g/mol. The summed E-state index contributed by atoms with van der Waals surface area (Å²) in [5.74, 6) is -0.0363. The van der Waals surface area contributed by atoms with E-state index in [4.69, 9.17) is 10.7 Å². The Balaban J connectivity index is 2.68. The molecule has 1 N–H and O–H groups in total. The minimum Gasteiger partial charge on any atom is -0.506 e. The SMILES string of the molecule is O=S(=O)(Cl)Oc1ccc(O)c2ncccc12. The van der Waals surface area contributed by atoms with Crippen LogP contribution in [0.1, 0.15) is 0 Å². The Kier molecular flexibility index (Phi) is 2.61. The summed E-state index contributed by atoms with van der Waals surface area (Å²) in [6.07, 6.45) is 1.47. The smallest absolute Gasteiger partial charge is 0.401 e. The van der Waals surface area contributed by atoms with Crippen molar-refractivity contribution in [3.05, 3.63) is 30.5 Å². The number of fused-ring (bicyclic) bond motifs is 1. The van der Waals surface area contributed by atoms with Gasteiger partial charge in [0.1, 0.15) is 11.3 Å². The van der Waals surface area contributed by atoms with Crippen molar-refractivity contribution in [2.45, 2.75) is 0 Å². The fourth-order valence-corrected chi connectivity index (χ4v) is 1.87. The van der Waals surface area contributed by atoms with Gasteiger partial charge in [-0.05, 0) is 24.3 Å². The molecule has 2 rings (SSSR count). The van der Waals surface area contributed by atoms with Crippen molar-refractivity contribution in [3.8, 4) is 11.5 Å². The third-order valence-electron chi connectivity index (χ3n) is 1.90. The maximum atomic E-state index is 10.8. The van der Waals surface area contributed by atoms with Crippen LogP contribution < -0.4 is 4.18 Å². The third-order valence-corrected chi connectivity index (χ3v) is 2.47. The predicted molar refractivity (Wildman–Crippen MR) is 58.8 cm³/mol. The lowest BCUT2D eigenvalue weighted by atomic mass is 10.2. The molecule has 0 aliphatic carbocycles. The van der Waals surface area contributed by atoms with Crippen LogP contribution >= 0.6 is 10.7 Å². The van der Waals surface area contributed by atoms with Crippen LogP contribution in [0.4, 0.5) is 0 Å². The van der Waals surface area contributed by atoms with Gasteiger partial charge in [0.2, 0.25) is 0 Å². The van der Waals surface area contributed by atoms with Crippen LogP contribution in [-0.4, -0.2) is 18.5 Å². The van der Waals surface area contributed by atoms with E-state index < -0.39 is 9.33 Å². The standard InChI is InChI=1S/C9H6ClNO4S/c10-16(13,14)15-8-4-3-7(12)9-6(8)2-1-5-11-9/h1-5,12H. The normalized spacial score (nSPS) is 11.6. The predicted octanol–water partition coefficient (Wildman–Crippen LogP) is 1.80. The Bertz CT molecular complexity index is 641. The Morgan fingerprint density at radius 1 is 1.31 bits per heavy atom. The van der Waals surface area contributed by atoms with Gasteiger partial charge in [-0.2, -0.15) is 8.42 Å². The molecule has 0 aliphatic heterocycles. The lowest BCUT2D eigenvalue weighted by Gasteiger charge is -2.05. The van der Waals surface area contributed by atoms with Crippen LogP contribution in [-0.2, 0) is 9.33 Å². The number of hydrogen-bond acceptors (Lipinski definition) is 5. The van der Waals surface area contributed by atoms with Crippen LogP contribution in [0, 0.1) is 0 Å². The van der Waals surface area contributed by atoms with Crippen molar-refractivity contribution < 1.29 is 17.7 Å². The quantitative estimate of drug-likeness (QED) is 0.832. The van der Waals surface area contributed by atoms with Gasteiger partial charge in [-0.1, -0.05) is 0 Å². The van der Waals surface area contributed by atoms with E-state index in [1.54, 1.807) is 12.1 Å². The first-order valence-corrected chi connectivity index (χ1v) is 6.41. The van der Waals surface area contributed by atoms with E-state index in [0.717, 1.165) is 0 Å². The molecule has 0 saturated heterocycles. The molecule has 0 atom stereocenters. The molecule has 2 aromatic rings. The minimum absolute atomic E-state index is 0.0240. The van der Waals surface area contributed by atoms with E-state index in [1.807, 2.05) is 0 Å². The molecule has 7 heteroatoms. The highest BCUT2D eigenvalue weighted by atomic mass is 35.7. The largest absolute Gasteiger partial charge is 0.506 e. The monoisotopic (exact) mass is 259 g/mol. The summed E-state index contributed by atoms with van der Waals surface area (Å²) in [4.78, 5) is 3.90. The first-order valence-electron chi connectivity index (χ1n) is 4.18. The van der Waals surface area contributed by atoms with Crippen molar-refractivity contribution in [2.24, 2.45) is 0 Å². The summed E-state index contributed by atoms with van der Waals surface area (Å²) >= 11 is 0. The van der Waals surface area contributed by atoms with Crippen LogP contribution in [0.25, 0.3) is 10.9 Å². The molecule has 0 aliphatic rings. The highest BCUT2D eigenvalue weighted by molar-refractivity contribution is 8.10. The van der Waals surface area contributed by atoms with Crippen molar-refractivity contribution in [3.63, 3.8) is 0 Å². The molecule has 1 aromatic carbocycles. The molecule has 0 unspecified atom stereocenters. The number of hydrogen-bond donors (Lipinski definition) is 1. The van der Waals surface area contributed by atoms with Crippen molar-refractivity contribution in [1.82, 2.24) is 4.98 Å². The molecule has 1 aromatic heterocycles. The number of benzene rings is 1. The zero-order valence-electron chi connectivity index (χ0n) is 7.79. The Hall–Kier alpha value is -1.53. The fourth-order valence-electron chi connectivity index (χ4n) is 1.31. The number of phenols is 1. The van der Waals surface area contributed by atoms with E-state index in [2.05, 4.69) is 9.17 Å². The molecular formula is C9H6ClNO4S. The fraction of sp³-hybridized carbons (Fsp3) is 0. The second kappa shape index (κ2) is 3.80. The molecule has 0 fully saturated rings. The number of aromatic nitrogens is 1. The average Bonchev–Trinajstić information content (AvgIpc) is 2.21. The summed E-state index contributed by atoms with van der Waals surface area (Å²) in [7, 11) is 0.856. The molecule has 0 bridgehead atoms.